The molecule has 3 rings (SSSR count). The number of aryl methyl sites for hydroxylation is 4. The molecule has 30 heavy (non-hydrogen) atoms. The zero-order chi connectivity index (χ0) is 21.7. The van der Waals surface area contributed by atoms with Gasteiger partial charge >= 0.3 is 0 Å². The van der Waals surface area contributed by atoms with Crippen molar-refractivity contribution in [2.75, 3.05) is 0 Å². The lowest BCUT2D eigenvalue weighted by Gasteiger charge is -2.12. The lowest BCUT2D eigenvalue weighted by molar-refractivity contribution is -0.384. The fourth-order valence-electron chi connectivity index (χ4n) is 3.51. The van der Waals surface area contributed by atoms with Crippen LogP contribution in [0.4, 0.5) is 11.4 Å². The molecule has 0 aliphatic rings. The van der Waals surface area contributed by atoms with E-state index in [1.54, 1.807) is 12.1 Å². The fraction of sp³-hybridized carbons (Fsp3) is 0.318. The maximum absolute atomic E-state index is 10.8. The molecule has 1 aromatic heterocycles. The van der Waals surface area contributed by atoms with E-state index in [4.69, 9.17) is 0 Å². The van der Waals surface area contributed by atoms with Crippen molar-refractivity contribution in [3.63, 3.8) is 0 Å². The number of aromatic nitrogens is 2. The van der Waals surface area contributed by atoms with E-state index in [-0.39, 0.29) is 5.69 Å². The fourth-order valence-corrected chi connectivity index (χ4v) is 3.51. The number of nitro benzene ring substituents is 1. The first-order valence-corrected chi connectivity index (χ1v) is 9.96. The SMILES string of the molecule is CCCCn1ccn(-c2c(C)cc(C)cc2C)/c1=N\N=Nc1ccc([N+](=O)[O-])cc1. The van der Waals surface area contributed by atoms with Crippen LogP contribution in [-0.4, -0.2) is 14.1 Å². The summed E-state index contributed by atoms with van der Waals surface area (Å²) in [4.78, 5) is 10.3. The van der Waals surface area contributed by atoms with E-state index in [0.29, 0.717) is 11.3 Å². The maximum Gasteiger partial charge on any atom is 0.269 e. The Bertz CT molecular complexity index is 1120. The second-order valence-corrected chi connectivity index (χ2v) is 7.33. The third kappa shape index (κ3) is 4.71. The van der Waals surface area contributed by atoms with Crippen LogP contribution in [0.1, 0.15) is 36.5 Å². The Morgan fingerprint density at radius 3 is 2.30 bits per heavy atom. The average Bonchev–Trinajstić information content (AvgIpc) is 3.08. The Hall–Kier alpha value is -3.55. The van der Waals surface area contributed by atoms with E-state index >= 15 is 0 Å². The molecule has 156 valence electrons. The van der Waals surface area contributed by atoms with Crippen molar-refractivity contribution in [1.82, 2.24) is 9.13 Å². The minimum Gasteiger partial charge on any atom is -0.315 e. The number of nitro groups is 1. The highest BCUT2D eigenvalue weighted by atomic mass is 16.6. The molecule has 2 aromatic carbocycles. The van der Waals surface area contributed by atoms with Crippen LogP contribution in [0.5, 0.6) is 0 Å². The van der Waals surface area contributed by atoms with Crippen LogP contribution >= 0.6 is 0 Å². The Morgan fingerprint density at radius 1 is 1.03 bits per heavy atom. The van der Waals surface area contributed by atoms with E-state index < -0.39 is 4.92 Å². The van der Waals surface area contributed by atoms with Gasteiger partial charge in [0.1, 0.15) is 0 Å². The first-order valence-electron chi connectivity index (χ1n) is 9.96. The molecule has 0 aliphatic carbocycles. The highest BCUT2D eigenvalue weighted by molar-refractivity contribution is 5.49. The molecule has 8 nitrogen and oxygen atoms in total. The van der Waals surface area contributed by atoms with E-state index in [9.17, 15) is 10.1 Å². The molecule has 0 aliphatic heterocycles. The van der Waals surface area contributed by atoms with E-state index in [1.165, 1.54) is 17.7 Å². The topological polar surface area (TPSA) is 90.1 Å². The smallest absolute Gasteiger partial charge is 0.269 e. The molecule has 0 saturated carbocycles. The molecule has 0 radical (unpaired) electrons. The normalized spacial score (nSPS) is 12.1. The molecule has 0 saturated heterocycles. The van der Waals surface area contributed by atoms with Crippen LogP contribution in [0.15, 0.2) is 64.2 Å². The molecule has 0 spiro atoms. The van der Waals surface area contributed by atoms with Crippen LogP contribution < -0.4 is 5.62 Å². The van der Waals surface area contributed by atoms with Gasteiger partial charge in [0.15, 0.2) is 0 Å². The minimum atomic E-state index is -0.443. The summed E-state index contributed by atoms with van der Waals surface area (Å²) >= 11 is 0. The minimum absolute atomic E-state index is 0.0162. The number of nitrogens with zero attached hydrogens (tertiary/aromatic N) is 6. The molecule has 8 heteroatoms. The predicted octanol–water partition coefficient (Wildman–Crippen LogP) is 5.51. The third-order valence-electron chi connectivity index (χ3n) is 4.85. The number of benzene rings is 2. The number of non-ortho nitro benzene ring substituents is 1. The zero-order valence-electron chi connectivity index (χ0n) is 17.7. The van der Waals surface area contributed by atoms with Crippen molar-refractivity contribution in [3.05, 3.63) is 81.2 Å². The van der Waals surface area contributed by atoms with Gasteiger partial charge in [0.05, 0.1) is 16.3 Å². The van der Waals surface area contributed by atoms with E-state index in [1.807, 2.05) is 17.0 Å². The van der Waals surface area contributed by atoms with Crippen LogP contribution in [0, 0.1) is 30.9 Å². The number of hydrogen-bond acceptors (Lipinski definition) is 4. The first-order chi connectivity index (χ1) is 14.4. The molecular formula is C22H26N6O2. The summed E-state index contributed by atoms with van der Waals surface area (Å²) in [7, 11) is 0. The molecule has 0 fully saturated rings. The maximum atomic E-state index is 10.8. The number of unbranched alkanes of at least 4 members (excludes halogenated alkanes) is 1. The summed E-state index contributed by atoms with van der Waals surface area (Å²) in [6, 6.07) is 10.2. The summed E-state index contributed by atoms with van der Waals surface area (Å²) in [5.74, 6) is 0. The summed E-state index contributed by atoms with van der Waals surface area (Å²) in [5, 5.41) is 23.3. The highest BCUT2D eigenvalue weighted by Gasteiger charge is 2.10. The van der Waals surface area contributed by atoms with Crippen molar-refractivity contribution in [3.8, 4) is 5.69 Å². The van der Waals surface area contributed by atoms with Crippen LogP contribution in [0.25, 0.3) is 5.69 Å². The van der Waals surface area contributed by atoms with Crippen molar-refractivity contribution < 1.29 is 4.92 Å². The predicted molar refractivity (Wildman–Crippen MR) is 116 cm³/mol. The molecule has 0 atom stereocenters. The Labute approximate surface area is 175 Å². The Balaban J connectivity index is 2.03. The van der Waals surface area contributed by atoms with Crippen LogP contribution in [0.3, 0.4) is 0 Å². The zero-order valence-corrected chi connectivity index (χ0v) is 17.7. The standard InChI is InChI=1S/C22H26N6O2/c1-5-6-11-26-12-13-27(21-17(3)14-16(2)15-18(21)4)22(26)24-25-23-19-7-9-20(10-8-19)28(29)30/h7-10,12-15H,5-6,11H2,1-4H3/b24-22-,25-23?. The van der Waals surface area contributed by atoms with Crippen LogP contribution in [0.2, 0.25) is 0 Å². The second kappa shape index (κ2) is 9.30. The average molecular weight is 406 g/mol. The van der Waals surface area contributed by atoms with Crippen molar-refractivity contribution in [2.45, 2.75) is 47.1 Å². The van der Waals surface area contributed by atoms with Gasteiger partial charge in [0.2, 0.25) is 5.62 Å². The molecule has 3 aromatic rings. The first kappa shape index (κ1) is 21.2. The molecular weight excluding hydrogens is 380 g/mol. The lowest BCUT2D eigenvalue weighted by Crippen LogP contribution is -2.25. The van der Waals surface area contributed by atoms with Gasteiger partial charge in [-0.3, -0.25) is 14.7 Å². The quantitative estimate of drug-likeness (QED) is 0.294. The Morgan fingerprint density at radius 2 is 1.70 bits per heavy atom. The summed E-state index contributed by atoms with van der Waals surface area (Å²) in [6.07, 6.45) is 6.11. The molecule has 0 unspecified atom stereocenters. The van der Waals surface area contributed by atoms with Crippen LogP contribution in [-0.2, 0) is 6.54 Å². The monoisotopic (exact) mass is 406 g/mol. The van der Waals surface area contributed by atoms with Gasteiger partial charge in [0, 0.05) is 31.1 Å². The second-order valence-electron chi connectivity index (χ2n) is 7.33. The van der Waals surface area contributed by atoms with Gasteiger partial charge in [0.25, 0.3) is 5.69 Å². The van der Waals surface area contributed by atoms with Crippen molar-refractivity contribution in [1.29, 1.82) is 0 Å². The van der Waals surface area contributed by atoms with Gasteiger partial charge in [-0.25, -0.2) is 0 Å². The van der Waals surface area contributed by atoms with Gasteiger partial charge in [-0.15, -0.1) is 5.11 Å². The number of rotatable bonds is 7. The van der Waals surface area contributed by atoms with Gasteiger partial charge in [-0.1, -0.05) is 36.1 Å². The molecule has 1 heterocycles. The highest BCUT2D eigenvalue weighted by Crippen LogP contribution is 2.20. The Kier molecular flexibility index (Phi) is 6.56. The third-order valence-corrected chi connectivity index (χ3v) is 4.85. The van der Waals surface area contributed by atoms with E-state index in [2.05, 4.69) is 59.8 Å². The van der Waals surface area contributed by atoms with Gasteiger partial charge < -0.3 is 4.57 Å². The summed E-state index contributed by atoms with van der Waals surface area (Å²) in [5.41, 5.74) is 5.83. The van der Waals surface area contributed by atoms with Gasteiger partial charge in [-0.2, -0.15) is 0 Å². The number of imidazole rings is 1. The van der Waals surface area contributed by atoms with Crippen molar-refractivity contribution in [2.24, 2.45) is 15.4 Å². The van der Waals surface area contributed by atoms with Crippen molar-refractivity contribution >= 4 is 11.4 Å². The molecule has 0 N–H and O–H groups in total. The largest absolute Gasteiger partial charge is 0.315 e. The molecule has 0 bridgehead atoms. The molecule has 0 amide bonds. The number of hydrogen-bond donors (Lipinski definition) is 0. The van der Waals surface area contributed by atoms with Gasteiger partial charge in [-0.05, 0) is 55.7 Å². The summed E-state index contributed by atoms with van der Waals surface area (Å²) < 4.78 is 4.10. The summed E-state index contributed by atoms with van der Waals surface area (Å²) in [6.45, 7) is 9.25. The lowest BCUT2D eigenvalue weighted by atomic mass is 10.1. The van der Waals surface area contributed by atoms with E-state index in [0.717, 1.165) is 36.2 Å².